The van der Waals surface area contributed by atoms with Crippen molar-refractivity contribution in [1.82, 2.24) is 5.32 Å². The zero-order valence-electron chi connectivity index (χ0n) is 5.39. The molecule has 1 aliphatic rings. The fraction of sp³-hybridized carbons (Fsp3) is 0.571. The van der Waals surface area contributed by atoms with Crippen LogP contribution >= 0.6 is 0 Å². The van der Waals surface area contributed by atoms with E-state index in [2.05, 4.69) is 11.4 Å². The molecule has 0 spiro atoms. The van der Waals surface area contributed by atoms with Gasteiger partial charge in [0.15, 0.2) is 0 Å². The molecule has 0 saturated carbocycles. The van der Waals surface area contributed by atoms with Crippen LogP contribution in [0.3, 0.4) is 0 Å². The van der Waals surface area contributed by atoms with Crippen molar-refractivity contribution < 1.29 is 4.79 Å². The van der Waals surface area contributed by atoms with Crippen molar-refractivity contribution in [2.75, 3.05) is 0 Å². The van der Waals surface area contributed by atoms with Gasteiger partial charge in [-0.05, 0) is 25.7 Å². The first-order valence-corrected chi connectivity index (χ1v) is 3.32. The molecule has 0 saturated heterocycles. The molecule has 0 heterocycles. The van der Waals surface area contributed by atoms with Crippen LogP contribution < -0.4 is 5.32 Å². The number of carbonyl (C=O) groups is 1. The Kier molecular flexibility index (Phi) is 2.31. The van der Waals surface area contributed by atoms with Crippen LogP contribution in [0.4, 0.5) is 0 Å². The predicted octanol–water partition coefficient (Wildman–Crippen LogP) is 1.19. The van der Waals surface area contributed by atoms with Crippen molar-refractivity contribution in [1.29, 1.82) is 0 Å². The molecular weight excluding hydrogens is 114 g/mol. The lowest BCUT2D eigenvalue weighted by Crippen LogP contribution is -2.11. The van der Waals surface area contributed by atoms with Crippen molar-refractivity contribution in [3.05, 3.63) is 11.8 Å². The van der Waals surface area contributed by atoms with Gasteiger partial charge in [0, 0.05) is 5.70 Å². The van der Waals surface area contributed by atoms with Crippen molar-refractivity contribution in [2.45, 2.75) is 25.7 Å². The van der Waals surface area contributed by atoms with Crippen molar-refractivity contribution in [3.63, 3.8) is 0 Å². The monoisotopic (exact) mass is 125 g/mol. The first-order valence-electron chi connectivity index (χ1n) is 3.32. The normalized spacial score (nSPS) is 18.4. The van der Waals surface area contributed by atoms with E-state index in [0.717, 1.165) is 24.9 Å². The smallest absolute Gasteiger partial charge is 0.211 e. The molecule has 2 heteroatoms. The van der Waals surface area contributed by atoms with Crippen LogP contribution in [0.1, 0.15) is 25.7 Å². The minimum Gasteiger partial charge on any atom is -0.333 e. The number of rotatable bonds is 2. The van der Waals surface area contributed by atoms with E-state index in [1.165, 1.54) is 12.8 Å². The highest BCUT2D eigenvalue weighted by atomic mass is 16.1. The fourth-order valence-electron chi connectivity index (χ4n) is 1.04. The van der Waals surface area contributed by atoms with Gasteiger partial charge < -0.3 is 5.32 Å². The van der Waals surface area contributed by atoms with E-state index in [9.17, 15) is 4.79 Å². The van der Waals surface area contributed by atoms with Gasteiger partial charge >= 0.3 is 0 Å². The Morgan fingerprint density at radius 1 is 1.56 bits per heavy atom. The van der Waals surface area contributed by atoms with Crippen molar-refractivity contribution in [3.8, 4) is 0 Å². The first kappa shape index (κ1) is 6.33. The zero-order chi connectivity index (χ0) is 6.53. The summed E-state index contributed by atoms with van der Waals surface area (Å²) in [6.45, 7) is 0. The molecule has 0 atom stereocenters. The number of nitrogens with one attached hydrogen (secondary N) is 1. The zero-order valence-corrected chi connectivity index (χ0v) is 5.39. The van der Waals surface area contributed by atoms with E-state index in [4.69, 9.17) is 0 Å². The molecule has 0 aromatic carbocycles. The lowest BCUT2D eigenvalue weighted by atomic mass is 10.1. The maximum absolute atomic E-state index is 9.92. The van der Waals surface area contributed by atoms with E-state index in [-0.39, 0.29) is 0 Å². The van der Waals surface area contributed by atoms with Crippen LogP contribution in [0.25, 0.3) is 0 Å². The van der Waals surface area contributed by atoms with E-state index in [0.29, 0.717) is 0 Å². The summed E-state index contributed by atoms with van der Waals surface area (Å²) in [6.07, 6.45) is 7.49. The van der Waals surface area contributed by atoms with Gasteiger partial charge in [-0.15, -0.1) is 0 Å². The molecule has 1 aliphatic carbocycles. The van der Waals surface area contributed by atoms with E-state index >= 15 is 0 Å². The van der Waals surface area contributed by atoms with Crippen molar-refractivity contribution in [2.24, 2.45) is 0 Å². The van der Waals surface area contributed by atoms with Gasteiger partial charge in [-0.25, -0.2) is 0 Å². The first-order chi connectivity index (χ1) is 4.43. The van der Waals surface area contributed by atoms with Gasteiger partial charge in [0.2, 0.25) is 6.41 Å². The molecule has 1 rings (SSSR count). The maximum atomic E-state index is 9.92. The average molecular weight is 125 g/mol. The lowest BCUT2D eigenvalue weighted by molar-refractivity contribution is -0.109. The van der Waals surface area contributed by atoms with Crippen molar-refractivity contribution >= 4 is 6.41 Å². The molecule has 0 unspecified atom stereocenters. The third-order valence-electron chi connectivity index (χ3n) is 1.54. The van der Waals surface area contributed by atoms with Crippen LogP contribution in [-0.4, -0.2) is 6.41 Å². The topological polar surface area (TPSA) is 29.1 Å². The Bertz CT molecular complexity index is 129. The molecule has 1 amide bonds. The molecule has 0 radical (unpaired) electrons. The second-order valence-electron chi connectivity index (χ2n) is 2.24. The van der Waals surface area contributed by atoms with E-state index in [1.807, 2.05) is 0 Å². The Hall–Kier alpha value is -0.790. The second-order valence-corrected chi connectivity index (χ2v) is 2.24. The number of carbonyl (C=O) groups excluding carboxylic acids is 1. The second kappa shape index (κ2) is 3.28. The summed E-state index contributed by atoms with van der Waals surface area (Å²) >= 11 is 0. The molecule has 0 fully saturated rings. The molecule has 50 valence electrons. The molecule has 9 heavy (non-hydrogen) atoms. The minimum absolute atomic E-state index is 0.747. The minimum atomic E-state index is 0.747. The third kappa shape index (κ3) is 1.88. The molecule has 0 aromatic rings. The molecule has 0 bridgehead atoms. The number of hydrogen-bond acceptors (Lipinski definition) is 1. The van der Waals surface area contributed by atoms with Gasteiger partial charge in [-0.1, -0.05) is 6.08 Å². The van der Waals surface area contributed by atoms with E-state index < -0.39 is 0 Å². The Morgan fingerprint density at radius 3 is 3.00 bits per heavy atom. The summed E-state index contributed by atoms with van der Waals surface area (Å²) < 4.78 is 0. The highest BCUT2D eigenvalue weighted by Crippen LogP contribution is 2.13. The summed E-state index contributed by atoms with van der Waals surface area (Å²) in [5.41, 5.74) is 1.09. The number of amides is 1. The summed E-state index contributed by atoms with van der Waals surface area (Å²) in [7, 11) is 0. The van der Waals surface area contributed by atoms with Gasteiger partial charge in [0.1, 0.15) is 0 Å². The highest BCUT2D eigenvalue weighted by Gasteiger charge is 2.00. The van der Waals surface area contributed by atoms with Crippen LogP contribution in [0.5, 0.6) is 0 Å². The Balaban J connectivity index is 2.36. The van der Waals surface area contributed by atoms with Gasteiger partial charge in [0.25, 0.3) is 0 Å². The van der Waals surface area contributed by atoms with Crippen LogP contribution in [-0.2, 0) is 4.79 Å². The largest absolute Gasteiger partial charge is 0.333 e. The summed E-state index contributed by atoms with van der Waals surface area (Å²) in [4.78, 5) is 9.92. The quantitative estimate of drug-likeness (QED) is 0.552. The van der Waals surface area contributed by atoms with Crippen LogP contribution in [0.2, 0.25) is 0 Å². The fourth-order valence-corrected chi connectivity index (χ4v) is 1.04. The SMILES string of the molecule is O=CNC1=CCCCC1. The van der Waals surface area contributed by atoms with Crippen LogP contribution in [0.15, 0.2) is 11.8 Å². The van der Waals surface area contributed by atoms with E-state index in [1.54, 1.807) is 0 Å². The van der Waals surface area contributed by atoms with Crippen LogP contribution in [0, 0.1) is 0 Å². The average Bonchev–Trinajstić information content (AvgIpc) is 1.91. The molecule has 2 nitrogen and oxygen atoms in total. The summed E-state index contributed by atoms with van der Waals surface area (Å²) in [6, 6.07) is 0. The van der Waals surface area contributed by atoms with Gasteiger partial charge in [0.05, 0.1) is 0 Å². The van der Waals surface area contributed by atoms with Gasteiger partial charge in [-0.3, -0.25) is 4.79 Å². The highest BCUT2D eigenvalue weighted by molar-refractivity contribution is 5.49. The lowest BCUT2D eigenvalue weighted by Gasteiger charge is -2.09. The summed E-state index contributed by atoms with van der Waals surface area (Å²) in [5, 5.41) is 2.66. The standard InChI is InChI=1S/C7H11NO/c9-6-8-7-4-2-1-3-5-7/h4,6H,1-3,5H2,(H,8,9). The number of hydrogen-bond donors (Lipinski definition) is 1. The Labute approximate surface area is 54.9 Å². The predicted molar refractivity (Wildman–Crippen MR) is 35.8 cm³/mol. The summed E-state index contributed by atoms with van der Waals surface area (Å²) in [5.74, 6) is 0. The molecule has 0 aliphatic heterocycles. The molecule has 1 N–H and O–H groups in total. The molecule has 0 aromatic heterocycles. The maximum Gasteiger partial charge on any atom is 0.211 e. The Morgan fingerprint density at radius 2 is 2.44 bits per heavy atom. The van der Waals surface area contributed by atoms with Gasteiger partial charge in [-0.2, -0.15) is 0 Å². The third-order valence-corrected chi connectivity index (χ3v) is 1.54. The molecular formula is C7H11NO. The number of allylic oxidation sites excluding steroid dienone is 2.